The zero-order valence-electron chi connectivity index (χ0n) is 14.5. The lowest BCUT2D eigenvalue weighted by Crippen LogP contribution is -2.28. The van der Waals surface area contributed by atoms with Crippen molar-refractivity contribution in [3.05, 3.63) is 41.2 Å². The average molecular weight is 336 g/mol. The van der Waals surface area contributed by atoms with E-state index in [9.17, 15) is 8.78 Å². The summed E-state index contributed by atoms with van der Waals surface area (Å²) in [6.45, 7) is 4.18. The van der Waals surface area contributed by atoms with Crippen LogP contribution >= 0.6 is 0 Å². The highest BCUT2D eigenvalue weighted by Crippen LogP contribution is 2.41. The maximum Gasteiger partial charge on any atom is 0.200 e. The SMILES string of the molecule is CCOc1ccc(C2CCC(C3CCC(C)=CO3)CC2)c(F)c1F. The molecule has 1 aliphatic carbocycles. The van der Waals surface area contributed by atoms with Crippen molar-refractivity contribution in [3.8, 4) is 5.75 Å². The largest absolute Gasteiger partial charge is 0.498 e. The van der Waals surface area contributed by atoms with Gasteiger partial charge in [-0.25, -0.2) is 4.39 Å². The van der Waals surface area contributed by atoms with Crippen molar-refractivity contribution < 1.29 is 18.3 Å². The summed E-state index contributed by atoms with van der Waals surface area (Å²) < 4.78 is 39.4. The van der Waals surface area contributed by atoms with E-state index in [1.54, 1.807) is 19.1 Å². The van der Waals surface area contributed by atoms with Gasteiger partial charge in [0.2, 0.25) is 5.82 Å². The highest BCUT2D eigenvalue weighted by molar-refractivity contribution is 5.33. The number of hydrogen-bond acceptors (Lipinski definition) is 2. The fourth-order valence-corrected chi connectivity index (χ4v) is 3.98. The van der Waals surface area contributed by atoms with Gasteiger partial charge in [0.1, 0.15) is 6.10 Å². The number of allylic oxidation sites excluding steroid dienone is 1. The van der Waals surface area contributed by atoms with Gasteiger partial charge in [0.25, 0.3) is 0 Å². The van der Waals surface area contributed by atoms with Gasteiger partial charge in [-0.1, -0.05) is 6.07 Å². The monoisotopic (exact) mass is 336 g/mol. The predicted molar refractivity (Wildman–Crippen MR) is 90.1 cm³/mol. The average Bonchev–Trinajstić information content (AvgIpc) is 2.60. The third-order valence-electron chi connectivity index (χ3n) is 5.38. The van der Waals surface area contributed by atoms with Gasteiger partial charge in [-0.05, 0) is 81.4 Å². The van der Waals surface area contributed by atoms with Gasteiger partial charge in [0.15, 0.2) is 11.6 Å². The molecule has 2 aliphatic rings. The summed E-state index contributed by atoms with van der Waals surface area (Å²) in [5.41, 5.74) is 1.79. The van der Waals surface area contributed by atoms with Gasteiger partial charge in [-0.15, -0.1) is 0 Å². The van der Waals surface area contributed by atoms with Gasteiger partial charge in [-0.2, -0.15) is 4.39 Å². The topological polar surface area (TPSA) is 18.5 Å². The van der Waals surface area contributed by atoms with Gasteiger partial charge < -0.3 is 9.47 Å². The Morgan fingerprint density at radius 2 is 1.83 bits per heavy atom. The fourth-order valence-electron chi connectivity index (χ4n) is 3.98. The minimum atomic E-state index is -0.854. The molecule has 24 heavy (non-hydrogen) atoms. The zero-order valence-corrected chi connectivity index (χ0v) is 14.5. The van der Waals surface area contributed by atoms with E-state index in [1.165, 1.54) is 5.57 Å². The molecule has 0 saturated heterocycles. The van der Waals surface area contributed by atoms with Crippen molar-refractivity contribution >= 4 is 0 Å². The van der Waals surface area contributed by atoms with Crippen molar-refractivity contribution in [1.82, 2.24) is 0 Å². The molecular weight excluding hydrogens is 310 g/mol. The lowest BCUT2D eigenvalue weighted by Gasteiger charge is -2.35. The Kier molecular flexibility index (Phi) is 5.42. The maximum absolute atomic E-state index is 14.4. The molecule has 1 heterocycles. The Labute approximate surface area is 142 Å². The molecule has 0 spiro atoms. The first kappa shape index (κ1) is 17.2. The number of hydrogen-bond donors (Lipinski definition) is 0. The molecule has 1 aromatic rings. The second-order valence-corrected chi connectivity index (χ2v) is 7.00. The molecule has 2 nitrogen and oxygen atoms in total. The van der Waals surface area contributed by atoms with Crippen LogP contribution in [0.3, 0.4) is 0 Å². The Morgan fingerprint density at radius 1 is 1.08 bits per heavy atom. The first-order valence-electron chi connectivity index (χ1n) is 9.02. The second-order valence-electron chi connectivity index (χ2n) is 7.00. The zero-order chi connectivity index (χ0) is 17.1. The Hall–Kier alpha value is -1.58. The standard InChI is InChI=1S/C20H26F2O2/c1-3-23-18-11-9-16(19(21)20(18)22)14-5-7-15(8-6-14)17-10-4-13(2)12-24-17/h9,11-12,14-15,17H,3-8,10H2,1-2H3. The summed E-state index contributed by atoms with van der Waals surface area (Å²) in [7, 11) is 0. The molecule has 1 saturated carbocycles. The summed E-state index contributed by atoms with van der Waals surface area (Å²) >= 11 is 0. The molecule has 3 rings (SSSR count). The van der Waals surface area contributed by atoms with Crippen LogP contribution in [-0.4, -0.2) is 12.7 Å². The molecule has 4 heteroatoms. The molecule has 0 aromatic heterocycles. The van der Waals surface area contributed by atoms with Crippen molar-refractivity contribution in [3.63, 3.8) is 0 Å². The number of benzene rings is 1. The summed E-state index contributed by atoms with van der Waals surface area (Å²) in [4.78, 5) is 0. The first-order valence-corrected chi connectivity index (χ1v) is 9.02. The normalized spacial score (nSPS) is 27.3. The minimum Gasteiger partial charge on any atom is -0.498 e. The predicted octanol–water partition coefficient (Wildman–Crippen LogP) is 5.72. The molecule has 0 bridgehead atoms. The minimum absolute atomic E-state index is 0.00481. The lowest BCUT2D eigenvalue weighted by atomic mass is 9.75. The number of halogens is 2. The van der Waals surface area contributed by atoms with E-state index in [0.717, 1.165) is 38.5 Å². The van der Waals surface area contributed by atoms with Gasteiger partial charge in [-0.3, -0.25) is 0 Å². The van der Waals surface area contributed by atoms with E-state index < -0.39 is 11.6 Å². The summed E-state index contributed by atoms with van der Waals surface area (Å²) in [6, 6.07) is 3.25. The lowest BCUT2D eigenvalue weighted by molar-refractivity contribution is 0.0452. The Bertz CT molecular complexity index is 604. The molecule has 132 valence electrons. The third-order valence-corrected chi connectivity index (χ3v) is 5.38. The smallest absolute Gasteiger partial charge is 0.200 e. The number of ether oxygens (including phenoxy) is 2. The maximum atomic E-state index is 14.4. The summed E-state index contributed by atoms with van der Waals surface area (Å²) in [5.74, 6) is -0.969. The van der Waals surface area contributed by atoms with Crippen LogP contribution in [0.5, 0.6) is 5.75 Å². The molecule has 0 N–H and O–H groups in total. The molecular formula is C20H26F2O2. The molecule has 0 amide bonds. The van der Waals surface area contributed by atoms with Crippen LogP contribution in [0, 0.1) is 17.6 Å². The summed E-state index contributed by atoms with van der Waals surface area (Å²) in [6.07, 6.45) is 8.15. The molecule has 1 aromatic carbocycles. The van der Waals surface area contributed by atoms with Crippen LogP contribution in [0.2, 0.25) is 0 Å². The van der Waals surface area contributed by atoms with Crippen LogP contribution in [0.15, 0.2) is 24.0 Å². The molecule has 1 aliphatic heterocycles. The van der Waals surface area contributed by atoms with Crippen LogP contribution in [-0.2, 0) is 4.74 Å². The first-order chi connectivity index (χ1) is 11.6. The molecule has 1 unspecified atom stereocenters. The van der Waals surface area contributed by atoms with E-state index in [0.29, 0.717) is 18.1 Å². The quantitative estimate of drug-likeness (QED) is 0.700. The molecule has 1 atom stereocenters. The van der Waals surface area contributed by atoms with E-state index >= 15 is 0 Å². The summed E-state index contributed by atoms with van der Waals surface area (Å²) in [5, 5.41) is 0. The van der Waals surface area contributed by atoms with E-state index in [1.807, 2.05) is 6.26 Å². The highest BCUT2D eigenvalue weighted by atomic mass is 19.2. The second kappa shape index (κ2) is 7.54. The third kappa shape index (κ3) is 3.57. The van der Waals surface area contributed by atoms with Crippen molar-refractivity contribution in [2.45, 2.75) is 64.4 Å². The van der Waals surface area contributed by atoms with Crippen LogP contribution in [0.1, 0.15) is 63.9 Å². The van der Waals surface area contributed by atoms with E-state index in [4.69, 9.17) is 9.47 Å². The Balaban J connectivity index is 1.63. The van der Waals surface area contributed by atoms with Crippen LogP contribution in [0.25, 0.3) is 0 Å². The van der Waals surface area contributed by atoms with Gasteiger partial charge >= 0.3 is 0 Å². The van der Waals surface area contributed by atoms with E-state index in [2.05, 4.69) is 6.92 Å². The highest BCUT2D eigenvalue weighted by Gasteiger charge is 2.31. The van der Waals surface area contributed by atoms with Crippen molar-refractivity contribution in [2.75, 3.05) is 6.61 Å². The van der Waals surface area contributed by atoms with Crippen molar-refractivity contribution in [1.29, 1.82) is 0 Å². The molecule has 1 fully saturated rings. The number of rotatable bonds is 4. The van der Waals surface area contributed by atoms with E-state index in [-0.39, 0.29) is 17.8 Å². The van der Waals surface area contributed by atoms with Crippen molar-refractivity contribution in [2.24, 2.45) is 5.92 Å². The Morgan fingerprint density at radius 3 is 2.46 bits per heavy atom. The van der Waals surface area contributed by atoms with Gasteiger partial charge in [0, 0.05) is 0 Å². The fraction of sp³-hybridized carbons (Fsp3) is 0.600. The van der Waals surface area contributed by atoms with Crippen LogP contribution < -0.4 is 4.74 Å². The molecule has 0 radical (unpaired) electrons. The van der Waals surface area contributed by atoms with Gasteiger partial charge in [0.05, 0.1) is 12.9 Å². The van der Waals surface area contributed by atoms with Crippen LogP contribution in [0.4, 0.5) is 8.78 Å².